The van der Waals surface area contributed by atoms with Crippen LogP contribution in [-0.2, 0) is 16.6 Å². The number of amides is 2. The number of hydrogen-bond donors (Lipinski definition) is 2. The van der Waals surface area contributed by atoms with Gasteiger partial charge in [-0.1, -0.05) is 6.07 Å². The van der Waals surface area contributed by atoms with Crippen LogP contribution >= 0.6 is 0 Å². The van der Waals surface area contributed by atoms with Gasteiger partial charge in [0.2, 0.25) is 11.8 Å². The van der Waals surface area contributed by atoms with Gasteiger partial charge in [0.05, 0.1) is 23.1 Å². The molecule has 0 spiro atoms. The van der Waals surface area contributed by atoms with Crippen LogP contribution in [0.5, 0.6) is 0 Å². The van der Waals surface area contributed by atoms with Gasteiger partial charge >= 0.3 is 0 Å². The van der Waals surface area contributed by atoms with Crippen LogP contribution in [0.1, 0.15) is 36.8 Å². The Hall–Kier alpha value is -2.74. The van der Waals surface area contributed by atoms with Crippen LogP contribution in [0.3, 0.4) is 0 Å². The molecule has 3 heterocycles. The SMILES string of the molecule is Cc1cccc(NC(=O)C2CCN([C@@H](C)C(=O)Nc3c(C)nn(C)c3C)CC2)n1. The number of likely N-dealkylation sites (tertiary alicyclic amines) is 1. The van der Waals surface area contributed by atoms with Crippen molar-refractivity contribution in [1.29, 1.82) is 0 Å². The molecule has 0 bridgehead atoms. The highest BCUT2D eigenvalue weighted by Crippen LogP contribution is 2.23. The van der Waals surface area contributed by atoms with Gasteiger partial charge in [-0.25, -0.2) is 4.98 Å². The number of hydrogen-bond acceptors (Lipinski definition) is 5. The molecular formula is C21H30N6O2. The van der Waals surface area contributed by atoms with Crippen molar-refractivity contribution in [2.45, 2.75) is 46.6 Å². The van der Waals surface area contributed by atoms with Gasteiger partial charge in [-0.2, -0.15) is 5.10 Å². The monoisotopic (exact) mass is 398 g/mol. The van der Waals surface area contributed by atoms with Crippen molar-refractivity contribution < 1.29 is 9.59 Å². The Morgan fingerprint density at radius 2 is 1.83 bits per heavy atom. The number of aromatic nitrogens is 3. The number of nitrogens with one attached hydrogen (secondary N) is 2. The summed E-state index contributed by atoms with van der Waals surface area (Å²) in [5.41, 5.74) is 3.40. The first-order valence-corrected chi connectivity index (χ1v) is 10.1. The van der Waals surface area contributed by atoms with Gasteiger partial charge in [-0.3, -0.25) is 19.2 Å². The number of anilines is 2. The summed E-state index contributed by atoms with van der Waals surface area (Å²) >= 11 is 0. The third-order valence-electron chi connectivity index (χ3n) is 5.72. The molecule has 29 heavy (non-hydrogen) atoms. The predicted molar refractivity (Wildman–Crippen MR) is 113 cm³/mol. The van der Waals surface area contributed by atoms with Crippen molar-refractivity contribution in [3.8, 4) is 0 Å². The number of nitrogens with zero attached hydrogens (tertiary/aromatic N) is 4. The van der Waals surface area contributed by atoms with Crippen LogP contribution in [0.2, 0.25) is 0 Å². The van der Waals surface area contributed by atoms with Crippen LogP contribution in [0.25, 0.3) is 0 Å². The van der Waals surface area contributed by atoms with Gasteiger partial charge in [0.15, 0.2) is 0 Å². The smallest absolute Gasteiger partial charge is 0.241 e. The molecule has 1 aliphatic rings. The van der Waals surface area contributed by atoms with Gasteiger partial charge in [-0.15, -0.1) is 0 Å². The molecule has 1 fully saturated rings. The van der Waals surface area contributed by atoms with E-state index in [-0.39, 0.29) is 23.8 Å². The molecule has 2 aromatic rings. The van der Waals surface area contributed by atoms with E-state index in [9.17, 15) is 9.59 Å². The van der Waals surface area contributed by atoms with Crippen molar-refractivity contribution >= 4 is 23.3 Å². The summed E-state index contributed by atoms with van der Waals surface area (Å²) in [6.45, 7) is 9.05. The second kappa shape index (κ2) is 8.73. The molecule has 1 aliphatic heterocycles. The summed E-state index contributed by atoms with van der Waals surface area (Å²) in [6.07, 6.45) is 1.44. The van der Waals surface area contributed by atoms with E-state index in [0.29, 0.717) is 18.9 Å². The Balaban J connectivity index is 1.53. The lowest BCUT2D eigenvalue weighted by molar-refractivity contribution is -0.123. The molecule has 1 atom stereocenters. The number of piperidine rings is 1. The Morgan fingerprint density at radius 1 is 1.14 bits per heavy atom. The molecule has 0 aliphatic carbocycles. The number of pyridine rings is 1. The molecule has 8 nitrogen and oxygen atoms in total. The number of carbonyl (C=O) groups excluding carboxylic acids is 2. The maximum absolute atomic E-state index is 12.7. The summed E-state index contributed by atoms with van der Waals surface area (Å²) in [5.74, 6) is 0.483. The Morgan fingerprint density at radius 3 is 2.41 bits per heavy atom. The van der Waals surface area contributed by atoms with Crippen LogP contribution < -0.4 is 10.6 Å². The molecule has 0 aromatic carbocycles. The first kappa shape index (κ1) is 21.0. The average Bonchev–Trinajstić information content (AvgIpc) is 2.93. The van der Waals surface area contributed by atoms with E-state index in [2.05, 4.69) is 25.6 Å². The van der Waals surface area contributed by atoms with Crippen LogP contribution in [0, 0.1) is 26.7 Å². The molecular weight excluding hydrogens is 368 g/mol. The summed E-state index contributed by atoms with van der Waals surface area (Å²) < 4.78 is 1.77. The molecule has 0 unspecified atom stereocenters. The number of aryl methyl sites for hydroxylation is 3. The van der Waals surface area contributed by atoms with Gasteiger partial charge < -0.3 is 10.6 Å². The highest BCUT2D eigenvalue weighted by Gasteiger charge is 2.30. The van der Waals surface area contributed by atoms with E-state index in [4.69, 9.17) is 0 Å². The first-order valence-electron chi connectivity index (χ1n) is 10.1. The zero-order valence-corrected chi connectivity index (χ0v) is 17.8. The lowest BCUT2D eigenvalue weighted by atomic mass is 9.95. The average molecular weight is 399 g/mol. The van der Waals surface area contributed by atoms with E-state index >= 15 is 0 Å². The first-order chi connectivity index (χ1) is 13.8. The van der Waals surface area contributed by atoms with Crippen molar-refractivity contribution in [3.63, 3.8) is 0 Å². The Labute approximate surface area is 171 Å². The molecule has 3 rings (SSSR count). The van der Waals surface area contributed by atoms with Crippen molar-refractivity contribution in [1.82, 2.24) is 19.7 Å². The zero-order chi connectivity index (χ0) is 21.1. The minimum absolute atomic E-state index is 0.00136. The maximum atomic E-state index is 12.7. The molecule has 2 aromatic heterocycles. The fourth-order valence-corrected chi connectivity index (χ4v) is 3.74. The minimum Gasteiger partial charge on any atom is -0.322 e. The number of rotatable bonds is 5. The predicted octanol–water partition coefficient (Wildman–Crippen LogP) is 2.42. The van der Waals surface area contributed by atoms with Gasteiger partial charge in [0, 0.05) is 18.7 Å². The van der Waals surface area contributed by atoms with Crippen LogP contribution in [-0.4, -0.2) is 50.6 Å². The quantitative estimate of drug-likeness (QED) is 0.807. The zero-order valence-electron chi connectivity index (χ0n) is 17.8. The lowest BCUT2D eigenvalue weighted by Gasteiger charge is -2.34. The fraction of sp³-hybridized carbons (Fsp3) is 0.524. The Kier molecular flexibility index (Phi) is 6.32. The molecule has 2 amide bonds. The number of carbonyl (C=O) groups is 2. The standard InChI is InChI=1S/C21H30N6O2/c1-13-7-6-8-18(22-13)23-21(29)17-9-11-27(12-10-17)16(4)20(28)24-19-14(2)25-26(5)15(19)3/h6-8,16-17H,9-12H2,1-5H3,(H,24,28)(H,22,23,29)/t16-/m0/s1. The fourth-order valence-electron chi connectivity index (χ4n) is 3.74. The van der Waals surface area contributed by atoms with Crippen LogP contribution in [0.4, 0.5) is 11.5 Å². The van der Waals surface area contributed by atoms with Gasteiger partial charge in [0.25, 0.3) is 0 Å². The normalized spacial score (nSPS) is 16.4. The summed E-state index contributed by atoms with van der Waals surface area (Å²) in [5, 5.41) is 10.3. The third kappa shape index (κ3) is 4.82. The molecule has 0 radical (unpaired) electrons. The van der Waals surface area contributed by atoms with Crippen molar-refractivity contribution in [2.75, 3.05) is 23.7 Å². The lowest BCUT2D eigenvalue weighted by Crippen LogP contribution is -2.47. The van der Waals surface area contributed by atoms with E-state index < -0.39 is 0 Å². The summed E-state index contributed by atoms with van der Waals surface area (Å²) in [7, 11) is 1.86. The largest absolute Gasteiger partial charge is 0.322 e. The molecule has 0 saturated carbocycles. The topological polar surface area (TPSA) is 92.2 Å². The van der Waals surface area contributed by atoms with Crippen LogP contribution in [0.15, 0.2) is 18.2 Å². The minimum atomic E-state index is -0.267. The van der Waals surface area contributed by atoms with Gasteiger partial charge in [0.1, 0.15) is 5.82 Å². The molecule has 156 valence electrons. The second-order valence-electron chi connectivity index (χ2n) is 7.80. The van der Waals surface area contributed by atoms with E-state index in [1.807, 2.05) is 46.9 Å². The third-order valence-corrected chi connectivity index (χ3v) is 5.72. The molecule has 8 heteroatoms. The summed E-state index contributed by atoms with van der Waals surface area (Å²) in [4.78, 5) is 31.7. The molecule has 2 N–H and O–H groups in total. The highest BCUT2D eigenvalue weighted by molar-refractivity contribution is 5.95. The van der Waals surface area contributed by atoms with E-state index in [1.165, 1.54) is 0 Å². The molecule has 1 saturated heterocycles. The van der Waals surface area contributed by atoms with E-state index in [0.717, 1.165) is 35.6 Å². The van der Waals surface area contributed by atoms with Gasteiger partial charge in [-0.05, 0) is 65.8 Å². The second-order valence-corrected chi connectivity index (χ2v) is 7.80. The summed E-state index contributed by atoms with van der Waals surface area (Å²) in [6, 6.07) is 5.31. The van der Waals surface area contributed by atoms with E-state index in [1.54, 1.807) is 10.7 Å². The highest BCUT2D eigenvalue weighted by atomic mass is 16.2. The maximum Gasteiger partial charge on any atom is 0.241 e. The van der Waals surface area contributed by atoms with Crippen molar-refractivity contribution in [3.05, 3.63) is 35.3 Å². The Bertz CT molecular complexity index is 899. The van der Waals surface area contributed by atoms with Crippen molar-refractivity contribution in [2.24, 2.45) is 13.0 Å².